The number of nitro benzene ring substituents is 1. The highest BCUT2D eigenvalue weighted by atomic mass is 19.2. The Morgan fingerprint density at radius 1 is 1.32 bits per heavy atom. The molecule has 1 aromatic rings. The Kier molecular flexibility index (Phi) is 6.20. The van der Waals surface area contributed by atoms with Gasteiger partial charge in [-0.3, -0.25) is 10.1 Å². The van der Waals surface area contributed by atoms with Gasteiger partial charge in [0.25, 0.3) is 5.69 Å². The number of ether oxygens (including phenoxy) is 1. The van der Waals surface area contributed by atoms with Crippen LogP contribution in [0.4, 0.5) is 25.0 Å². The predicted molar refractivity (Wildman–Crippen MR) is 82.3 cm³/mol. The highest BCUT2D eigenvalue weighted by Gasteiger charge is 2.25. The van der Waals surface area contributed by atoms with Crippen LogP contribution in [0.3, 0.4) is 0 Å². The van der Waals surface area contributed by atoms with Crippen molar-refractivity contribution in [2.24, 2.45) is 0 Å². The highest BCUT2D eigenvalue weighted by molar-refractivity contribution is 5.81. The molecule has 1 aromatic carbocycles. The maximum atomic E-state index is 13.3. The molecule has 0 radical (unpaired) electrons. The van der Waals surface area contributed by atoms with E-state index in [1.54, 1.807) is 20.8 Å². The predicted octanol–water partition coefficient (Wildman–Crippen LogP) is 2.26. The third-order valence-corrected chi connectivity index (χ3v) is 2.72. The number of halogens is 2. The van der Waals surface area contributed by atoms with E-state index in [-0.39, 0.29) is 0 Å². The van der Waals surface area contributed by atoms with Crippen molar-refractivity contribution in [2.45, 2.75) is 32.4 Å². The molecule has 0 fully saturated rings. The van der Waals surface area contributed by atoms with Crippen molar-refractivity contribution in [3.63, 3.8) is 0 Å². The average molecular weight is 361 g/mol. The molecule has 0 spiro atoms. The fraction of sp³-hybridized carbons (Fsp3) is 0.429. The number of hydrogen-bond acceptors (Lipinski definition) is 6. The van der Waals surface area contributed by atoms with Crippen LogP contribution in [0.2, 0.25) is 0 Å². The number of rotatable bonds is 6. The van der Waals surface area contributed by atoms with E-state index >= 15 is 0 Å². The number of nitro groups is 1. The van der Waals surface area contributed by atoms with Crippen molar-refractivity contribution in [3.8, 4) is 0 Å². The second-order valence-electron chi connectivity index (χ2n) is 5.96. The van der Waals surface area contributed by atoms with E-state index in [0.717, 1.165) is 0 Å². The number of benzene rings is 1. The molecule has 11 heteroatoms. The van der Waals surface area contributed by atoms with Gasteiger partial charge in [0.1, 0.15) is 17.3 Å². The lowest BCUT2D eigenvalue weighted by molar-refractivity contribution is -0.384. The first kappa shape index (κ1) is 20.1. The molecular weight excluding hydrogens is 344 g/mol. The number of carboxylic acid groups (broad SMARTS) is 1. The van der Waals surface area contributed by atoms with Gasteiger partial charge in [0.15, 0.2) is 11.6 Å². The first-order valence-corrected chi connectivity index (χ1v) is 7.00. The summed E-state index contributed by atoms with van der Waals surface area (Å²) in [7, 11) is 0. The Hall–Kier alpha value is -2.98. The number of alkyl carbamates (subject to hydrolysis) is 1. The summed E-state index contributed by atoms with van der Waals surface area (Å²) in [5.74, 6) is -4.22. The molecule has 0 aliphatic heterocycles. The first-order chi connectivity index (χ1) is 11.4. The number of anilines is 1. The summed E-state index contributed by atoms with van der Waals surface area (Å²) in [4.78, 5) is 32.7. The van der Waals surface area contributed by atoms with Gasteiger partial charge < -0.3 is 20.5 Å². The standard InChI is InChI=1S/C14H17F2N3O6/c1-14(2,3)25-13(22)18-10(12(20)21)6-17-9-4-7(15)8(16)5-11(9)19(23)24/h4-5,10,17H,6H2,1-3H3,(H,18,22)(H,20,21)/t10-/m0/s1. The van der Waals surface area contributed by atoms with Gasteiger partial charge in [0.2, 0.25) is 0 Å². The Bertz CT molecular complexity index is 690. The summed E-state index contributed by atoms with van der Waals surface area (Å²) < 4.78 is 31.3. The van der Waals surface area contributed by atoms with Crippen LogP contribution in [0.5, 0.6) is 0 Å². The second-order valence-corrected chi connectivity index (χ2v) is 5.96. The SMILES string of the molecule is CC(C)(C)OC(=O)N[C@@H](CNc1cc(F)c(F)cc1[N+](=O)[O-])C(=O)O. The van der Waals surface area contributed by atoms with Crippen molar-refractivity contribution in [1.29, 1.82) is 0 Å². The molecule has 0 saturated carbocycles. The van der Waals surface area contributed by atoms with Gasteiger partial charge in [-0.05, 0) is 20.8 Å². The van der Waals surface area contributed by atoms with Crippen LogP contribution in [0.1, 0.15) is 20.8 Å². The lowest BCUT2D eigenvalue weighted by Crippen LogP contribution is -2.47. The summed E-state index contributed by atoms with van der Waals surface area (Å²) in [5.41, 5.74) is -2.07. The molecule has 25 heavy (non-hydrogen) atoms. The van der Waals surface area contributed by atoms with Crippen molar-refractivity contribution in [1.82, 2.24) is 5.32 Å². The summed E-state index contributed by atoms with van der Waals surface area (Å²) in [5, 5.41) is 24.3. The number of carboxylic acids is 1. The number of nitrogens with one attached hydrogen (secondary N) is 2. The minimum Gasteiger partial charge on any atom is -0.480 e. The summed E-state index contributed by atoms with van der Waals surface area (Å²) >= 11 is 0. The molecule has 1 atom stereocenters. The normalized spacial score (nSPS) is 12.2. The van der Waals surface area contributed by atoms with Crippen molar-refractivity contribution in [3.05, 3.63) is 33.9 Å². The Morgan fingerprint density at radius 2 is 1.88 bits per heavy atom. The zero-order valence-corrected chi connectivity index (χ0v) is 13.6. The van der Waals surface area contributed by atoms with Gasteiger partial charge in [-0.2, -0.15) is 0 Å². The zero-order chi connectivity index (χ0) is 19.4. The van der Waals surface area contributed by atoms with Crippen molar-refractivity contribution >= 4 is 23.4 Å². The van der Waals surface area contributed by atoms with E-state index in [9.17, 15) is 28.5 Å². The molecule has 0 aliphatic carbocycles. The molecule has 138 valence electrons. The fourth-order valence-electron chi connectivity index (χ4n) is 1.69. The Balaban J connectivity index is 2.88. The summed E-state index contributed by atoms with van der Waals surface area (Å²) in [6, 6.07) is -0.628. The summed E-state index contributed by atoms with van der Waals surface area (Å²) in [6.07, 6.45) is -1.01. The van der Waals surface area contributed by atoms with Crippen molar-refractivity contribution in [2.75, 3.05) is 11.9 Å². The van der Waals surface area contributed by atoms with Crippen LogP contribution >= 0.6 is 0 Å². The van der Waals surface area contributed by atoms with Crippen molar-refractivity contribution < 1.29 is 33.1 Å². The second kappa shape index (κ2) is 7.73. The maximum absolute atomic E-state index is 13.3. The van der Waals surface area contributed by atoms with E-state index < -0.39 is 58.2 Å². The third kappa shape index (κ3) is 6.20. The molecule has 0 aromatic heterocycles. The monoisotopic (exact) mass is 361 g/mol. The van der Waals surface area contributed by atoms with Crippen LogP contribution in [0, 0.1) is 21.7 Å². The third-order valence-electron chi connectivity index (χ3n) is 2.72. The quantitative estimate of drug-likeness (QED) is 0.523. The van der Waals surface area contributed by atoms with E-state index in [0.29, 0.717) is 12.1 Å². The molecule has 0 unspecified atom stereocenters. The molecular formula is C14H17F2N3O6. The van der Waals surface area contributed by atoms with Gasteiger partial charge >= 0.3 is 12.1 Å². The van der Waals surface area contributed by atoms with Crippen LogP contribution in [0.25, 0.3) is 0 Å². The molecule has 0 heterocycles. The van der Waals surface area contributed by atoms with E-state index in [1.165, 1.54) is 0 Å². The zero-order valence-electron chi connectivity index (χ0n) is 13.6. The molecule has 0 aliphatic rings. The molecule has 0 saturated heterocycles. The first-order valence-electron chi connectivity index (χ1n) is 7.00. The smallest absolute Gasteiger partial charge is 0.408 e. The van der Waals surface area contributed by atoms with E-state index in [2.05, 4.69) is 10.6 Å². The molecule has 0 bridgehead atoms. The fourth-order valence-corrected chi connectivity index (χ4v) is 1.69. The minimum atomic E-state index is -1.53. The number of nitrogens with zero attached hydrogens (tertiary/aromatic N) is 1. The number of amides is 1. The van der Waals surface area contributed by atoms with E-state index in [1.807, 2.05) is 0 Å². The Morgan fingerprint density at radius 3 is 2.36 bits per heavy atom. The number of carbonyl (C=O) groups is 2. The Labute approximate surface area is 141 Å². The molecule has 9 nitrogen and oxygen atoms in total. The highest BCUT2D eigenvalue weighted by Crippen LogP contribution is 2.27. The maximum Gasteiger partial charge on any atom is 0.408 e. The topological polar surface area (TPSA) is 131 Å². The molecule has 1 amide bonds. The largest absolute Gasteiger partial charge is 0.480 e. The van der Waals surface area contributed by atoms with Gasteiger partial charge in [-0.1, -0.05) is 0 Å². The van der Waals surface area contributed by atoms with Gasteiger partial charge in [-0.25, -0.2) is 18.4 Å². The van der Waals surface area contributed by atoms with Crippen LogP contribution in [0.15, 0.2) is 12.1 Å². The lowest BCUT2D eigenvalue weighted by atomic mass is 10.2. The minimum absolute atomic E-state index is 0.370. The number of hydrogen-bond donors (Lipinski definition) is 3. The average Bonchev–Trinajstić information content (AvgIpc) is 2.43. The number of carbonyl (C=O) groups excluding carboxylic acids is 1. The van der Waals surface area contributed by atoms with Crippen LogP contribution in [-0.2, 0) is 9.53 Å². The van der Waals surface area contributed by atoms with Gasteiger partial charge in [-0.15, -0.1) is 0 Å². The summed E-state index contributed by atoms with van der Waals surface area (Å²) in [6.45, 7) is 4.20. The van der Waals surface area contributed by atoms with Gasteiger partial charge in [0, 0.05) is 12.6 Å². The van der Waals surface area contributed by atoms with Crippen LogP contribution in [-0.4, -0.2) is 40.3 Å². The lowest BCUT2D eigenvalue weighted by Gasteiger charge is -2.22. The van der Waals surface area contributed by atoms with Gasteiger partial charge in [0.05, 0.1) is 11.0 Å². The molecule has 3 N–H and O–H groups in total. The van der Waals surface area contributed by atoms with E-state index in [4.69, 9.17) is 9.84 Å². The number of aliphatic carboxylic acids is 1. The molecule has 1 rings (SSSR count). The van der Waals surface area contributed by atoms with Crippen LogP contribution < -0.4 is 10.6 Å².